The molecule has 0 aliphatic rings. The number of carbonyl (C=O) groups excluding carboxylic acids is 1. The molecule has 1 aromatic carbocycles. The van der Waals surface area contributed by atoms with Crippen LogP contribution in [0.2, 0.25) is 0 Å². The molecular formula is C12H15NO3. The molecule has 0 heterocycles. The zero-order valence-electron chi connectivity index (χ0n) is 9.41. The summed E-state index contributed by atoms with van der Waals surface area (Å²) in [5.74, 6) is -2.40. The highest BCUT2D eigenvalue weighted by Crippen LogP contribution is 2.10. The standard InChI is InChI=1S/C12H15NO3/c1-8-3-4-9(2)10(7-8)5-6-13-11(14)12(15)16/h3-4,7H,5-6H2,1-2H3,(H,13,14)(H,15,16). The lowest BCUT2D eigenvalue weighted by molar-refractivity contribution is -0.150. The summed E-state index contributed by atoms with van der Waals surface area (Å²) < 4.78 is 0. The Kier molecular flexibility index (Phi) is 4.05. The molecule has 0 aromatic heterocycles. The molecule has 0 spiro atoms. The van der Waals surface area contributed by atoms with E-state index in [4.69, 9.17) is 5.11 Å². The highest BCUT2D eigenvalue weighted by atomic mass is 16.4. The molecule has 16 heavy (non-hydrogen) atoms. The second kappa shape index (κ2) is 5.30. The summed E-state index contributed by atoms with van der Waals surface area (Å²) >= 11 is 0. The van der Waals surface area contributed by atoms with Crippen molar-refractivity contribution in [3.8, 4) is 0 Å². The van der Waals surface area contributed by atoms with Gasteiger partial charge in [-0.2, -0.15) is 0 Å². The van der Waals surface area contributed by atoms with Crippen molar-refractivity contribution < 1.29 is 14.7 Å². The smallest absolute Gasteiger partial charge is 0.394 e. The highest BCUT2D eigenvalue weighted by molar-refractivity contribution is 6.31. The first-order chi connectivity index (χ1) is 7.50. The molecule has 1 amide bonds. The molecule has 0 aliphatic carbocycles. The van der Waals surface area contributed by atoms with Crippen LogP contribution in [-0.2, 0) is 16.0 Å². The van der Waals surface area contributed by atoms with Crippen LogP contribution < -0.4 is 5.32 Å². The SMILES string of the molecule is Cc1ccc(C)c(CCNC(=O)C(=O)O)c1. The summed E-state index contributed by atoms with van der Waals surface area (Å²) in [6.45, 7) is 4.34. The van der Waals surface area contributed by atoms with E-state index in [1.165, 1.54) is 0 Å². The Morgan fingerprint density at radius 2 is 2.00 bits per heavy atom. The fourth-order valence-electron chi connectivity index (χ4n) is 1.46. The van der Waals surface area contributed by atoms with Crippen LogP contribution in [0.4, 0.5) is 0 Å². The van der Waals surface area contributed by atoms with Crippen molar-refractivity contribution in [1.82, 2.24) is 5.32 Å². The average Bonchev–Trinajstić information content (AvgIpc) is 2.22. The van der Waals surface area contributed by atoms with Crippen LogP contribution in [-0.4, -0.2) is 23.5 Å². The zero-order chi connectivity index (χ0) is 12.1. The Balaban J connectivity index is 2.52. The topological polar surface area (TPSA) is 66.4 Å². The Morgan fingerprint density at radius 3 is 2.62 bits per heavy atom. The van der Waals surface area contributed by atoms with E-state index in [9.17, 15) is 9.59 Å². The summed E-state index contributed by atoms with van der Waals surface area (Å²) in [4.78, 5) is 21.0. The molecular weight excluding hydrogens is 206 g/mol. The molecule has 0 radical (unpaired) electrons. The molecule has 4 nitrogen and oxygen atoms in total. The average molecular weight is 221 g/mol. The predicted octanol–water partition coefficient (Wildman–Crippen LogP) is 1.05. The third kappa shape index (κ3) is 3.38. The van der Waals surface area contributed by atoms with E-state index in [2.05, 4.69) is 5.32 Å². The summed E-state index contributed by atoms with van der Waals surface area (Å²) in [5.41, 5.74) is 3.44. The van der Waals surface area contributed by atoms with Gasteiger partial charge in [0.05, 0.1) is 0 Å². The summed E-state index contributed by atoms with van der Waals surface area (Å²) in [6, 6.07) is 6.08. The van der Waals surface area contributed by atoms with Crippen molar-refractivity contribution in [2.24, 2.45) is 0 Å². The summed E-state index contributed by atoms with van der Waals surface area (Å²) in [6.07, 6.45) is 0.645. The first-order valence-corrected chi connectivity index (χ1v) is 5.08. The first-order valence-electron chi connectivity index (χ1n) is 5.08. The normalized spacial score (nSPS) is 9.88. The van der Waals surface area contributed by atoms with Crippen LogP contribution in [0.15, 0.2) is 18.2 Å². The van der Waals surface area contributed by atoms with Crippen molar-refractivity contribution >= 4 is 11.9 Å². The van der Waals surface area contributed by atoms with Gasteiger partial charge in [0, 0.05) is 6.54 Å². The molecule has 1 rings (SSSR count). The van der Waals surface area contributed by atoms with Gasteiger partial charge in [0.25, 0.3) is 0 Å². The molecule has 0 saturated carbocycles. The Hall–Kier alpha value is -1.84. The predicted molar refractivity (Wildman–Crippen MR) is 60.3 cm³/mol. The highest BCUT2D eigenvalue weighted by Gasteiger charge is 2.09. The van der Waals surface area contributed by atoms with Gasteiger partial charge in [0.15, 0.2) is 0 Å². The monoisotopic (exact) mass is 221 g/mol. The van der Waals surface area contributed by atoms with E-state index in [0.29, 0.717) is 13.0 Å². The van der Waals surface area contributed by atoms with E-state index in [-0.39, 0.29) is 0 Å². The first kappa shape index (κ1) is 12.2. The maximum absolute atomic E-state index is 10.8. The molecule has 86 valence electrons. The maximum atomic E-state index is 10.8. The van der Waals surface area contributed by atoms with Crippen molar-refractivity contribution in [2.75, 3.05) is 6.54 Å². The van der Waals surface area contributed by atoms with Gasteiger partial charge < -0.3 is 10.4 Å². The van der Waals surface area contributed by atoms with E-state index >= 15 is 0 Å². The number of carboxylic acids is 1. The second-order valence-corrected chi connectivity index (χ2v) is 3.74. The van der Waals surface area contributed by atoms with E-state index in [1.54, 1.807) is 0 Å². The van der Waals surface area contributed by atoms with Gasteiger partial charge in [-0.05, 0) is 31.4 Å². The molecule has 0 saturated heterocycles. The van der Waals surface area contributed by atoms with Crippen molar-refractivity contribution in [3.63, 3.8) is 0 Å². The number of benzene rings is 1. The van der Waals surface area contributed by atoms with Crippen molar-refractivity contribution in [2.45, 2.75) is 20.3 Å². The number of aliphatic carboxylic acids is 1. The summed E-state index contributed by atoms with van der Waals surface area (Å²) in [5, 5.41) is 10.7. The lowest BCUT2D eigenvalue weighted by atomic mass is 10.0. The number of carboxylic acid groups (broad SMARTS) is 1. The Bertz CT molecular complexity index is 413. The number of hydrogen-bond donors (Lipinski definition) is 2. The van der Waals surface area contributed by atoms with Crippen LogP contribution in [0.5, 0.6) is 0 Å². The van der Waals surface area contributed by atoms with E-state index < -0.39 is 11.9 Å². The largest absolute Gasteiger partial charge is 0.474 e. The number of aryl methyl sites for hydroxylation is 2. The Labute approximate surface area is 94.3 Å². The quantitative estimate of drug-likeness (QED) is 0.750. The minimum absolute atomic E-state index is 0.343. The van der Waals surface area contributed by atoms with Crippen molar-refractivity contribution in [3.05, 3.63) is 34.9 Å². The summed E-state index contributed by atoms with van der Waals surface area (Å²) in [7, 11) is 0. The molecule has 0 fully saturated rings. The fourth-order valence-corrected chi connectivity index (χ4v) is 1.46. The van der Waals surface area contributed by atoms with Crippen LogP contribution >= 0.6 is 0 Å². The number of carbonyl (C=O) groups is 2. The van der Waals surface area contributed by atoms with E-state index in [0.717, 1.165) is 16.7 Å². The van der Waals surface area contributed by atoms with Crippen LogP contribution in [0.1, 0.15) is 16.7 Å². The lowest BCUT2D eigenvalue weighted by Crippen LogP contribution is -2.32. The third-order valence-corrected chi connectivity index (χ3v) is 2.38. The maximum Gasteiger partial charge on any atom is 0.394 e. The van der Waals surface area contributed by atoms with Crippen LogP contribution in [0, 0.1) is 13.8 Å². The zero-order valence-corrected chi connectivity index (χ0v) is 9.41. The third-order valence-electron chi connectivity index (χ3n) is 2.38. The molecule has 0 atom stereocenters. The molecule has 0 bridgehead atoms. The van der Waals surface area contributed by atoms with Gasteiger partial charge in [-0.25, -0.2) is 4.79 Å². The van der Waals surface area contributed by atoms with Gasteiger partial charge in [0.1, 0.15) is 0 Å². The number of nitrogens with one attached hydrogen (secondary N) is 1. The van der Waals surface area contributed by atoms with Gasteiger partial charge in [-0.15, -0.1) is 0 Å². The minimum atomic E-state index is -1.44. The molecule has 0 unspecified atom stereocenters. The number of rotatable bonds is 3. The van der Waals surface area contributed by atoms with Gasteiger partial charge in [-0.3, -0.25) is 4.79 Å². The Morgan fingerprint density at radius 1 is 1.31 bits per heavy atom. The van der Waals surface area contributed by atoms with Gasteiger partial charge in [-0.1, -0.05) is 23.8 Å². The van der Waals surface area contributed by atoms with Crippen LogP contribution in [0.3, 0.4) is 0 Å². The van der Waals surface area contributed by atoms with E-state index in [1.807, 2.05) is 32.0 Å². The fraction of sp³-hybridized carbons (Fsp3) is 0.333. The van der Waals surface area contributed by atoms with Gasteiger partial charge in [0.2, 0.25) is 0 Å². The lowest BCUT2D eigenvalue weighted by Gasteiger charge is -2.07. The molecule has 0 aliphatic heterocycles. The number of amides is 1. The molecule has 1 aromatic rings. The van der Waals surface area contributed by atoms with Crippen LogP contribution in [0.25, 0.3) is 0 Å². The van der Waals surface area contributed by atoms with Gasteiger partial charge >= 0.3 is 11.9 Å². The second-order valence-electron chi connectivity index (χ2n) is 3.74. The molecule has 2 N–H and O–H groups in total. The molecule has 4 heteroatoms. The minimum Gasteiger partial charge on any atom is -0.474 e. The number of hydrogen-bond acceptors (Lipinski definition) is 2. The van der Waals surface area contributed by atoms with Crippen molar-refractivity contribution in [1.29, 1.82) is 0 Å².